The molecule has 0 bridgehead atoms. The fraction of sp³-hybridized carbons (Fsp3) is 0.515. The van der Waals surface area contributed by atoms with E-state index in [0.29, 0.717) is 51.7 Å². The van der Waals surface area contributed by atoms with Gasteiger partial charge >= 0.3 is 18.2 Å². The highest BCUT2D eigenvalue weighted by Crippen LogP contribution is 2.44. The highest BCUT2D eigenvalue weighted by molar-refractivity contribution is 5.86. The fourth-order valence-corrected chi connectivity index (χ4v) is 5.74. The van der Waals surface area contributed by atoms with Crippen molar-refractivity contribution in [2.45, 2.75) is 76.5 Å². The fourth-order valence-electron chi connectivity index (χ4n) is 5.74. The largest absolute Gasteiger partial charge is 0.449 e. The topological polar surface area (TPSA) is 138 Å². The van der Waals surface area contributed by atoms with Gasteiger partial charge in [-0.3, -0.25) is 4.79 Å². The van der Waals surface area contributed by atoms with Crippen LogP contribution >= 0.6 is 0 Å². The summed E-state index contributed by atoms with van der Waals surface area (Å²) < 4.78 is 11.0. The first-order valence-electron chi connectivity index (χ1n) is 15.4. The molecule has 0 spiro atoms. The number of ether oxygens (including phenoxy) is 2. The quantitative estimate of drug-likeness (QED) is 0.293. The van der Waals surface area contributed by atoms with E-state index >= 15 is 0 Å². The van der Waals surface area contributed by atoms with E-state index in [9.17, 15) is 19.2 Å². The maximum atomic E-state index is 13.6. The van der Waals surface area contributed by atoms with Gasteiger partial charge in [0.05, 0.1) is 0 Å². The molecule has 2 aromatic carbocycles. The Hall–Kier alpha value is -4.28. The van der Waals surface area contributed by atoms with Gasteiger partial charge in [0.2, 0.25) is 5.91 Å². The molecule has 1 saturated heterocycles. The van der Waals surface area contributed by atoms with Crippen LogP contribution in [0, 0.1) is 0 Å². The first kappa shape index (κ1) is 32.6. The second-order valence-electron chi connectivity index (χ2n) is 12.3. The number of piperidine rings is 1. The zero-order valence-electron chi connectivity index (χ0n) is 26.1. The van der Waals surface area contributed by atoms with E-state index < -0.39 is 23.8 Å². The van der Waals surface area contributed by atoms with Gasteiger partial charge in [-0.05, 0) is 75.1 Å². The van der Waals surface area contributed by atoms with Crippen LogP contribution in [0.5, 0.6) is 0 Å². The second-order valence-corrected chi connectivity index (χ2v) is 12.3. The molecule has 238 valence electrons. The van der Waals surface area contributed by atoms with Crippen molar-refractivity contribution >= 4 is 24.1 Å². The van der Waals surface area contributed by atoms with Crippen LogP contribution < -0.4 is 21.3 Å². The Morgan fingerprint density at radius 1 is 0.909 bits per heavy atom. The average molecular weight is 608 g/mol. The van der Waals surface area contributed by atoms with E-state index in [4.69, 9.17) is 9.47 Å². The summed E-state index contributed by atoms with van der Waals surface area (Å²) >= 11 is 0. The lowest BCUT2D eigenvalue weighted by molar-refractivity contribution is -0.134. The third-order valence-electron chi connectivity index (χ3n) is 7.89. The number of hydrogen-bond acceptors (Lipinski definition) is 6. The number of likely N-dealkylation sites (tertiary alicyclic amines) is 1. The number of fused-ring (bicyclic) bond motifs is 3. The molecule has 0 aromatic heterocycles. The molecule has 0 unspecified atom stereocenters. The molecular formula is C33H45N5O6. The van der Waals surface area contributed by atoms with Crippen molar-refractivity contribution in [2.24, 2.45) is 0 Å². The number of urea groups is 1. The van der Waals surface area contributed by atoms with Crippen LogP contribution in [-0.2, 0) is 14.3 Å². The molecule has 1 fully saturated rings. The summed E-state index contributed by atoms with van der Waals surface area (Å²) in [5.74, 6) is -0.273. The first-order valence-corrected chi connectivity index (χ1v) is 15.4. The molecular weight excluding hydrogens is 562 g/mol. The Morgan fingerprint density at radius 2 is 1.52 bits per heavy atom. The molecule has 2 aromatic rings. The molecule has 0 saturated carbocycles. The molecule has 1 atom stereocenters. The van der Waals surface area contributed by atoms with Crippen LogP contribution in [0.3, 0.4) is 0 Å². The lowest BCUT2D eigenvalue weighted by atomic mass is 9.98. The zero-order chi connectivity index (χ0) is 31.7. The van der Waals surface area contributed by atoms with Crippen LogP contribution in [0.2, 0.25) is 0 Å². The molecule has 4 N–H and O–H groups in total. The summed E-state index contributed by atoms with van der Waals surface area (Å²) in [7, 11) is 1.57. The minimum Gasteiger partial charge on any atom is -0.449 e. The molecule has 0 radical (unpaired) electrons. The number of rotatable bonds is 10. The Kier molecular flexibility index (Phi) is 11.1. The van der Waals surface area contributed by atoms with Crippen molar-refractivity contribution in [3.8, 4) is 11.1 Å². The molecule has 1 heterocycles. The van der Waals surface area contributed by atoms with Gasteiger partial charge in [0.15, 0.2) is 0 Å². The molecule has 5 amide bonds. The maximum absolute atomic E-state index is 13.6. The van der Waals surface area contributed by atoms with Gasteiger partial charge in [0, 0.05) is 38.6 Å². The number of carbonyl (C=O) groups excluding carboxylic acids is 4. The average Bonchev–Trinajstić information content (AvgIpc) is 3.32. The SMILES string of the molecule is CNC(=O)NC1CCN(C(=O)[C@@H](CCCCNC(=O)OC(C)(C)C)NC(=O)OCC2c3ccccc3-c3ccccc32)CC1. The van der Waals surface area contributed by atoms with E-state index in [1.807, 2.05) is 24.3 Å². The van der Waals surface area contributed by atoms with E-state index in [1.165, 1.54) is 0 Å². The van der Waals surface area contributed by atoms with Gasteiger partial charge in [0.1, 0.15) is 18.2 Å². The third-order valence-corrected chi connectivity index (χ3v) is 7.89. The van der Waals surface area contributed by atoms with Crippen molar-refractivity contribution < 1.29 is 28.7 Å². The maximum Gasteiger partial charge on any atom is 0.407 e. The molecule has 11 nitrogen and oxygen atoms in total. The van der Waals surface area contributed by atoms with Gasteiger partial charge < -0.3 is 35.6 Å². The molecule has 1 aliphatic carbocycles. The van der Waals surface area contributed by atoms with E-state index in [1.54, 1.807) is 32.7 Å². The Balaban J connectivity index is 1.34. The van der Waals surface area contributed by atoms with Crippen molar-refractivity contribution in [2.75, 3.05) is 33.3 Å². The van der Waals surface area contributed by atoms with Crippen molar-refractivity contribution in [1.82, 2.24) is 26.2 Å². The number of nitrogens with one attached hydrogen (secondary N) is 4. The summed E-state index contributed by atoms with van der Waals surface area (Å²) in [6.45, 7) is 6.88. The minimum atomic E-state index is -0.782. The zero-order valence-corrected chi connectivity index (χ0v) is 26.1. The van der Waals surface area contributed by atoms with Crippen molar-refractivity contribution in [1.29, 1.82) is 0 Å². The number of carbonyl (C=O) groups is 4. The summed E-state index contributed by atoms with van der Waals surface area (Å²) in [6.07, 6.45) is 1.68. The molecule has 44 heavy (non-hydrogen) atoms. The van der Waals surface area contributed by atoms with Crippen molar-refractivity contribution in [3.63, 3.8) is 0 Å². The summed E-state index contributed by atoms with van der Waals surface area (Å²) in [5, 5.41) is 11.0. The second kappa shape index (κ2) is 14.9. The van der Waals surface area contributed by atoms with Gasteiger partial charge in [-0.2, -0.15) is 0 Å². The number of benzene rings is 2. The third kappa shape index (κ3) is 8.87. The summed E-state index contributed by atoms with van der Waals surface area (Å²) in [4.78, 5) is 52.1. The number of amides is 5. The van der Waals surface area contributed by atoms with Gasteiger partial charge in [-0.25, -0.2) is 14.4 Å². The van der Waals surface area contributed by atoms with E-state index in [2.05, 4.69) is 45.5 Å². The summed E-state index contributed by atoms with van der Waals surface area (Å²) in [6, 6.07) is 15.2. The van der Waals surface area contributed by atoms with Crippen LogP contribution in [0.1, 0.15) is 69.9 Å². The summed E-state index contributed by atoms with van der Waals surface area (Å²) in [5.41, 5.74) is 3.91. The van der Waals surface area contributed by atoms with Gasteiger partial charge in [-0.1, -0.05) is 48.5 Å². The Morgan fingerprint density at radius 3 is 2.11 bits per heavy atom. The number of hydrogen-bond donors (Lipinski definition) is 4. The van der Waals surface area contributed by atoms with Crippen LogP contribution in [0.15, 0.2) is 48.5 Å². The monoisotopic (exact) mass is 607 g/mol. The first-order chi connectivity index (χ1) is 21.1. The predicted molar refractivity (Wildman–Crippen MR) is 167 cm³/mol. The number of nitrogens with zero attached hydrogens (tertiary/aromatic N) is 1. The predicted octanol–water partition coefficient (Wildman–Crippen LogP) is 4.51. The number of alkyl carbamates (subject to hydrolysis) is 2. The minimum absolute atomic E-state index is 0.0218. The van der Waals surface area contributed by atoms with Crippen LogP contribution in [0.25, 0.3) is 11.1 Å². The molecule has 1 aliphatic heterocycles. The Bertz CT molecular complexity index is 1270. The van der Waals surface area contributed by atoms with Crippen molar-refractivity contribution in [3.05, 3.63) is 59.7 Å². The lowest BCUT2D eigenvalue weighted by Crippen LogP contribution is -2.53. The lowest BCUT2D eigenvalue weighted by Gasteiger charge is -2.34. The standard InChI is InChI=1S/C33H45N5O6/c1-33(2,3)44-31(41)35-18-10-9-15-28(29(39)38-19-16-22(17-20-38)36-30(40)34-4)37-32(42)43-21-27-25-13-7-5-11-23(25)24-12-6-8-14-26(24)27/h5-8,11-14,22,27-28H,9-10,15-21H2,1-4H3,(H,35,41)(H,37,42)(H2,34,36,40)/t28-/m1/s1. The smallest absolute Gasteiger partial charge is 0.407 e. The highest BCUT2D eigenvalue weighted by atomic mass is 16.6. The number of unbranched alkanes of at least 4 members (excludes halogenated alkanes) is 1. The molecule has 2 aliphatic rings. The van der Waals surface area contributed by atoms with E-state index in [-0.39, 0.29) is 30.5 Å². The molecule has 11 heteroatoms. The van der Waals surface area contributed by atoms with Crippen LogP contribution in [-0.4, -0.2) is 80.0 Å². The Labute approximate surface area is 259 Å². The van der Waals surface area contributed by atoms with Gasteiger partial charge in [0.25, 0.3) is 0 Å². The normalized spacial score (nSPS) is 15.4. The van der Waals surface area contributed by atoms with Gasteiger partial charge in [-0.15, -0.1) is 0 Å². The highest BCUT2D eigenvalue weighted by Gasteiger charge is 2.32. The van der Waals surface area contributed by atoms with Crippen LogP contribution in [0.4, 0.5) is 14.4 Å². The van der Waals surface area contributed by atoms with E-state index in [0.717, 1.165) is 22.3 Å². The molecule has 4 rings (SSSR count).